The molecule has 8 heteroatoms. The van der Waals surface area contributed by atoms with Gasteiger partial charge in [0.2, 0.25) is 0 Å². The Bertz CT molecular complexity index is 446. The molecule has 1 aromatic rings. The van der Waals surface area contributed by atoms with Crippen molar-refractivity contribution in [2.24, 2.45) is 7.05 Å². The molecule has 2 amide bonds. The van der Waals surface area contributed by atoms with Crippen LogP contribution in [0.5, 0.6) is 0 Å². The van der Waals surface area contributed by atoms with Gasteiger partial charge in [-0.25, -0.2) is 14.6 Å². The Morgan fingerprint density at radius 1 is 1.55 bits per heavy atom. The summed E-state index contributed by atoms with van der Waals surface area (Å²) in [7, 11) is 3.36. The maximum Gasteiger partial charge on any atom is 0.326 e. The summed E-state index contributed by atoms with van der Waals surface area (Å²) in [5.41, 5.74) is 0. The molecule has 0 fully saturated rings. The molecular formula is C12H20N4O4. The van der Waals surface area contributed by atoms with Crippen molar-refractivity contribution in [2.45, 2.75) is 25.4 Å². The molecule has 0 aromatic carbocycles. The first-order chi connectivity index (χ1) is 9.54. The van der Waals surface area contributed by atoms with Gasteiger partial charge >= 0.3 is 12.0 Å². The molecule has 0 aliphatic rings. The molecule has 0 aliphatic heterocycles. The first-order valence-electron chi connectivity index (χ1n) is 6.27. The van der Waals surface area contributed by atoms with Crippen molar-refractivity contribution in [2.75, 3.05) is 13.7 Å². The van der Waals surface area contributed by atoms with Crippen LogP contribution in [0.3, 0.4) is 0 Å². The minimum Gasteiger partial charge on any atom is -0.480 e. The number of ether oxygens (including phenoxy) is 1. The van der Waals surface area contributed by atoms with Crippen LogP contribution in [0.25, 0.3) is 0 Å². The average Bonchev–Trinajstić information content (AvgIpc) is 2.81. The Hall–Kier alpha value is -2.09. The Morgan fingerprint density at radius 3 is 2.85 bits per heavy atom. The van der Waals surface area contributed by atoms with Crippen molar-refractivity contribution in [1.82, 2.24) is 20.2 Å². The molecule has 1 unspecified atom stereocenters. The number of carboxylic acids is 1. The third-order valence-electron chi connectivity index (χ3n) is 2.77. The van der Waals surface area contributed by atoms with Crippen LogP contribution in [0, 0.1) is 0 Å². The predicted molar refractivity (Wildman–Crippen MR) is 71.1 cm³/mol. The van der Waals surface area contributed by atoms with E-state index in [2.05, 4.69) is 15.6 Å². The molecule has 1 heterocycles. The summed E-state index contributed by atoms with van der Waals surface area (Å²) in [6.45, 7) is 0.695. The number of methoxy groups -OCH3 is 1. The second-order valence-electron chi connectivity index (χ2n) is 4.31. The SMILES string of the molecule is COCCCC(NC(=O)NCc1nccn1C)C(=O)O. The van der Waals surface area contributed by atoms with Crippen LogP contribution in [0.2, 0.25) is 0 Å². The number of nitrogens with one attached hydrogen (secondary N) is 2. The van der Waals surface area contributed by atoms with E-state index in [9.17, 15) is 9.59 Å². The van der Waals surface area contributed by atoms with Crippen LogP contribution in [0.4, 0.5) is 4.79 Å². The smallest absolute Gasteiger partial charge is 0.326 e. The molecule has 0 saturated heterocycles. The molecular weight excluding hydrogens is 264 g/mol. The van der Waals surface area contributed by atoms with Gasteiger partial charge < -0.3 is 25.0 Å². The zero-order chi connectivity index (χ0) is 15.0. The number of amides is 2. The number of rotatable bonds is 8. The van der Waals surface area contributed by atoms with Crippen molar-refractivity contribution < 1.29 is 19.4 Å². The topological polar surface area (TPSA) is 105 Å². The molecule has 112 valence electrons. The van der Waals surface area contributed by atoms with Gasteiger partial charge in [-0.05, 0) is 12.8 Å². The summed E-state index contributed by atoms with van der Waals surface area (Å²) in [5, 5.41) is 14.0. The number of nitrogens with zero attached hydrogens (tertiary/aromatic N) is 2. The minimum absolute atomic E-state index is 0.236. The van der Waals surface area contributed by atoms with Crippen molar-refractivity contribution in [3.05, 3.63) is 18.2 Å². The zero-order valence-electron chi connectivity index (χ0n) is 11.6. The Labute approximate surface area is 117 Å². The number of aromatic nitrogens is 2. The summed E-state index contributed by atoms with van der Waals surface area (Å²) in [6.07, 6.45) is 4.27. The lowest BCUT2D eigenvalue weighted by molar-refractivity contribution is -0.139. The third kappa shape index (κ3) is 5.27. The number of imidazole rings is 1. The van der Waals surface area contributed by atoms with E-state index in [1.54, 1.807) is 24.1 Å². The molecule has 1 aromatic heterocycles. The van der Waals surface area contributed by atoms with Crippen LogP contribution >= 0.6 is 0 Å². The number of aryl methyl sites for hydroxylation is 1. The highest BCUT2D eigenvalue weighted by molar-refractivity contribution is 5.82. The molecule has 0 radical (unpaired) electrons. The fourth-order valence-electron chi connectivity index (χ4n) is 1.62. The molecule has 1 atom stereocenters. The predicted octanol–water partition coefficient (Wildman–Crippen LogP) is 0.0991. The van der Waals surface area contributed by atoms with Gasteiger partial charge in [0.05, 0.1) is 6.54 Å². The zero-order valence-corrected chi connectivity index (χ0v) is 11.6. The Morgan fingerprint density at radius 2 is 2.30 bits per heavy atom. The summed E-state index contributed by atoms with van der Waals surface area (Å²) in [6, 6.07) is -1.45. The number of hydrogen-bond donors (Lipinski definition) is 3. The quantitative estimate of drug-likeness (QED) is 0.587. The molecule has 0 saturated carbocycles. The van der Waals surface area contributed by atoms with Gasteiger partial charge in [-0.1, -0.05) is 0 Å². The van der Waals surface area contributed by atoms with Crippen molar-refractivity contribution in [3.8, 4) is 0 Å². The second-order valence-corrected chi connectivity index (χ2v) is 4.31. The number of hydrogen-bond acceptors (Lipinski definition) is 4. The van der Waals surface area contributed by atoms with E-state index in [4.69, 9.17) is 9.84 Å². The van der Waals surface area contributed by atoms with Crippen molar-refractivity contribution in [1.29, 1.82) is 0 Å². The van der Waals surface area contributed by atoms with E-state index in [0.29, 0.717) is 25.3 Å². The van der Waals surface area contributed by atoms with Crippen LogP contribution in [-0.4, -0.2) is 46.4 Å². The van der Waals surface area contributed by atoms with Gasteiger partial charge in [0.15, 0.2) is 0 Å². The minimum atomic E-state index is -1.06. The van der Waals surface area contributed by atoms with E-state index in [1.807, 2.05) is 7.05 Å². The van der Waals surface area contributed by atoms with Gasteiger partial charge in [0, 0.05) is 33.2 Å². The number of carbonyl (C=O) groups is 2. The fraction of sp³-hybridized carbons (Fsp3) is 0.583. The number of carbonyl (C=O) groups excluding carboxylic acids is 1. The lowest BCUT2D eigenvalue weighted by atomic mass is 10.1. The van der Waals surface area contributed by atoms with Crippen LogP contribution in [-0.2, 0) is 23.1 Å². The van der Waals surface area contributed by atoms with E-state index in [0.717, 1.165) is 0 Å². The summed E-state index contributed by atoms with van der Waals surface area (Å²) in [5.74, 6) is -0.375. The Kier molecular flexibility index (Phi) is 6.51. The molecule has 8 nitrogen and oxygen atoms in total. The summed E-state index contributed by atoms with van der Waals surface area (Å²) >= 11 is 0. The van der Waals surface area contributed by atoms with Gasteiger partial charge in [0.1, 0.15) is 11.9 Å². The van der Waals surface area contributed by atoms with Gasteiger partial charge in [-0.15, -0.1) is 0 Å². The number of carboxylic acid groups (broad SMARTS) is 1. The maximum atomic E-state index is 11.6. The van der Waals surface area contributed by atoms with E-state index < -0.39 is 18.0 Å². The monoisotopic (exact) mass is 284 g/mol. The fourth-order valence-corrected chi connectivity index (χ4v) is 1.62. The molecule has 0 aliphatic carbocycles. The van der Waals surface area contributed by atoms with Crippen LogP contribution in [0.15, 0.2) is 12.4 Å². The largest absolute Gasteiger partial charge is 0.480 e. The van der Waals surface area contributed by atoms with Gasteiger partial charge in [0.25, 0.3) is 0 Å². The Balaban J connectivity index is 2.38. The highest BCUT2D eigenvalue weighted by Crippen LogP contribution is 1.99. The summed E-state index contributed by atoms with van der Waals surface area (Å²) in [4.78, 5) is 26.7. The molecule has 1 rings (SSSR count). The molecule has 0 spiro atoms. The number of urea groups is 1. The molecule has 20 heavy (non-hydrogen) atoms. The van der Waals surface area contributed by atoms with E-state index in [1.165, 1.54) is 0 Å². The third-order valence-corrected chi connectivity index (χ3v) is 2.77. The van der Waals surface area contributed by atoms with Crippen molar-refractivity contribution in [3.63, 3.8) is 0 Å². The molecule has 0 bridgehead atoms. The highest BCUT2D eigenvalue weighted by atomic mass is 16.5. The first kappa shape index (κ1) is 16.0. The average molecular weight is 284 g/mol. The lowest BCUT2D eigenvalue weighted by Crippen LogP contribution is -2.46. The van der Waals surface area contributed by atoms with Crippen LogP contribution < -0.4 is 10.6 Å². The first-order valence-corrected chi connectivity index (χ1v) is 6.27. The maximum absolute atomic E-state index is 11.6. The van der Waals surface area contributed by atoms with E-state index >= 15 is 0 Å². The van der Waals surface area contributed by atoms with Gasteiger partial charge in [-0.3, -0.25) is 0 Å². The molecule has 3 N–H and O–H groups in total. The lowest BCUT2D eigenvalue weighted by Gasteiger charge is -2.14. The second kappa shape index (κ2) is 8.16. The van der Waals surface area contributed by atoms with Gasteiger partial charge in [-0.2, -0.15) is 0 Å². The van der Waals surface area contributed by atoms with Crippen molar-refractivity contribution >= 4 is 12.0 Å². The standard InChI is InChI=1S/C12H20N4O4/c1-16-6-5-13-10(16)8-14-12(19)15-9(11(17)18)4-3-7-20-2/h5-6,9H,3-4,7-8H2,1-2H3,(H,17,18)(H2,14,15,19). The number of aliphatic carboxylic acids is 1. The highest BCUT2D eigenvalue weighted by Gasteiger charge is 2.19. The van der Waals surface area contributed by atoms with E-state index in [-0.39, 0.29) is 6.54 Å². The van der Waals surface area contributed by atoms with Crippen LogP contribution in [0.1, 0.15) is 18.7 Å². The summed E-state index contributed by atoms with van der Waals surface area (Å²) < 4.78 is 6.63. The normalized spacial score (nSPS) is 11.9.